The fourth-order valence-corrected chi connectivity index (χ4v) is 8.36. The quantitative estimate of drug-likeness (QED) is 0.0492. The molecule has 4 aromatic rings. The van der Waals surface area contributed by atoms with Crippen molar-refractivity contribution in [1.82, 2.24) is 21.3 Å². The van der Waals surface area contributed by atoms with Crippen LogP contribution in [0.15, 0.2) is 115 Å². The fraction of sp³-hybridized carbons (Fsp3) is 0.367. The highest BCUT2D eigenvalue weighted by molar-refractivity contribution is 8.00. The monoisotopic (exact) mass is 925 g/mol. The molecule has 0 saturated heterocycles. The lowest BCUT2D eigenvalue weighted by molar-refractivity contribution is -0.139. The van der Waals surface area contributed by atoms with Gasteiger partial charge in [-0.25, -0.2) is 19.2 Å². The summed E-state index contributed by atoms with van der Waals surface area (Å²) in [4.78, 5) is 90.0. The normalized spacial score (nSPS) is 12.9. The van der Waals surface area contributed by atoms with Crippen LogP contribution in [0.25, 0.3) is 0 Å². The van der Waals surface area contributed by atoms with Gasteiger partial charge in [0.25, 0.3) is 0 Å². The number of Topliss-reactive ketones (excluding diaryl/α,β-unsaturated/α-hetero) is 1. The van der Waals surface area contributed by atoms with E-state index in [4.69, 9.17) is 19.9 Å². The first kappa shape index (κ1) is 51.8. The number of rotatable bonds is 21. The lowest BCUT2D eigenvalue weighted by Crippen LogP contribution is -2.47. The maximum atomic E-state index is 14.3. The number of carbonyl (C=O) groups excluding carboxylic acids is 6. The van der Waals surface area contributed by atoms with E-state index in [-0.39, 0.29) is 37.3 Å². The van der Waals surface area contributed by atoms with Crippen molar-refractivity contribution < 1.29 is 52.9 Å². The van der Waals surface area contributed by atoms with Gasteiger partial charge in [0.15, 0.2) is 5.78 Å². The zero-order chi connectivity index (χ0) is 48.5. The molecule has 4 rings (SSSR count). The third-order valence-electron chi connectivity index (χ3n) is 9.64. The Morgan fingerprint density at radius 1 is 0.636 bits per heavy atom. The van der Waals surface area contributed by atoms with Gasteiger partial charge in [-0.2, -0.15) is 0 Å². The Kier molecular flexibility index (Phi) is 18.7. The van der Waals surface area contributed by atoms with E-state index < -0.39 is 82.3 Å². The molecular formula is C49H59N5O11S. The largest absolute Gasteiger partial charge is 0.480 e. The number of ketones is 1. The molecule has 352 valence electrons. The van der Waals surface area contributed by atoms with Crippen molar-refractivity contribution in [3.63, 3.8) is 0 Å². The number of carboxylic acid groups (broad SMARTS) is 1. The molecule has 0 saturated carbocycles. The topological polar surface area (TPSA) is 242 Å². The number of carbonyl (C=O) groups is 7. The van der Waals surface area contributed by atoms with E-state index >= 15 is 0 Å². The molecular weight excluding hydrogens is 867 g/mol. The van der Waals surface area contributed by atoms with Gasteiger partial charge in [-0.15, -0.1) is 11.8 Å². The Morgan fingerprint density at radius 2 is 1.11 bits per heavy atom. The second-order valence-electron chi connectivity index (χ2n) is 17.3. The van der Waals surface area contributed by atoms with Crippen molar-refractivity contribution in [3.8, 4) is 5.75 Å². The smallest absolute Gasteiger partial charge is 0.412 e. The van der Waals surface area contributed by atoms with Gasteiger partial charge in [-0.3, -0.25) is 14.4 Å². The third-order valence-corrected chi connectivity index (χ3v) is 11.4. The maximum Gasteiger partial charge on any atom is 0.412 e. The summed E-state index contributed by atoms with van der Waals surface area (Å²) < 4.78 is 15.2. The van der Waals surface area contributed by atoms with Gasteiger partial charge >= 0.3 is 24.2 Å². The van der Waals surface area contributed by atoms with Crippen LogP contribution in [0.2, 0.25) is 0 Å². The minimum atomic E-state index is -1.29. The van der Waals surface area contributed by atoms with Crippen molar-refractivity contribution in [3.05, 3.63) is 138 Å². The maximum absolute atomic E-state index is 14.3. The molecule has 0 bridgehead atoms. The second-order valence-corrected chi connectivity index (χ2v) is 18.6. The average molecular weight is 926 g/mol. The van der Waals surface area contributed by atoms with Gasteiger partial charge < -0.3 is 46.3 Å². The molecule has 0 radical (unpaired) electrons. The number of hydrogen-bond donors (Lipinski definition) is 6. The highest BCUT2D eigenvalue weighted by Crippen LogP contribution is 2.49. The molecule has 0 fully saturated rings. The Balaban J connectivity index is 1.52. The first-order chi connectivity index (χ1) is 31.1. The van der Waals surface area contributed by atoms with Gasteiger partial charge in [0.2, 0.25) is 11.8 Å². The van der Waals surface area contributed by atoms with E-state index in [1.165, 1.54) is 36.0 Å². The molecule has 0 aliphatic rings. The Hall–Kier alpha value is -6.88. The van der Waals surface area contributed by atoms with Gasteiger partial charge in [-0.1, -0.05) is 103 Å². The minimum Gasteiger partial charge on any atom is -0.480 e. The van der Waals surface area contributed by atoms with Gasteiger partial charge in [-0.05, 0) is 82.3 Å². The molecule has 0 spiro atoms. The summed E-state index contributed by atoms with van der Waals surface area (Å²) in [5.74, 6) is -4.02. The molecule has 7 N–H and O–H groups in total. The first-order valence-electron chi connectivity index (χ1n) is 21.3. The van der Waals surface area contributed by atoms with E-state index in [9.17, 15) is 38.7 Å². The fourth-order valence-electron chi connectivity index (χ4n) is 6.73. The number of alkyl carbamates (subject to hydrolysis) is 2. The van der Waals surface area contributed by atoms with E-state index in [2.05, 4.69) is 21.3 Å². The van der Waals surface area contributed by atoms with Crippen LogP contribution in [0.4, 0.5) is 14.4 Å². The van der Waals surface area contributed by atoms with Crippen molar-refractivity contribution >= 4 is 53.6 Å². The van der Waals surface area contributed by atoms with Crippen LogP contribution >= 0.6 is 11.8 Å². The van der Waals surface area contributed by atoms with Crippen LogP contribution in [-0.2, 0) is 39.8 Å². The number of carboxylic acids is 1. The molecule has 5 amide bonds. The number of aliphatic carboxylic acids is 1. The lowest BCUT2D eigenvalue weighted by atomic mass is 9.84. The van der Waals surface area contributed by atoms with Crippen LogP contribution in [0, 0.1) is 5.92 Å². The number of benzene rings is 4. The number of primary amides is 1. The molecule has 0 heterocycles. The standard InChI is InChI=1S/C49H59N5O11S/c1-47(2,3)64-45(61)53-38(26-27-51-44(60)63-37-24-22-32(23-25-37)28-39(43(58)59)54-46(62)65-48(4,5)6)40(55)29-33(42(57)52-30-41(50)56)31-66-49(34-16-10-7-11-17-34,35-18-12-8-13-19-35)36-20-14-9-15-21-36/h7-25,33,38-39H,26-31H2,1-6H3,(H2,50,56)(H,51,60)(H,52,57)(H,53,61)(H,54,62)(H,58,59)/t33-,38-,39-/m0/s1. The lowest BCUT2D eigenvalue weighted by Gasteiger charge is -2.36. The van der Waals surface area contributed by atoms with Crippen molar-refractivity contribution in [2.75, 3.05) is 18.8 Å². The van der Waals surface area contributed by atoms with Crippen molar-refractivity contribution in [1.29, 1.82) is 0 Å². The number of amides is 5. The van der Waals surface area contributed by atoms with Crippen LogP contribution in [-0.4, -0.2) is 89.1 Å². The Morgan fingerprint density at radius 3 is 1.55 bits per heavy atom. The molecule has 16 nitrogen and oxygen atoms in total. The molecule has 4 aromatic carbocycles. The van der Waals surface area contributed by atoms with E-state index in [0.717, 1.165) is 16.7 Å². The zero-order valence-electron chi connectivity index (χ0n) is 38.0. The molecule has 17 heteroatoms. The molecule has 0 aliphatic heterocycles. The van der Waals surface area contributed by atoms with Crippen molar-refractivity contribution in [2.24, 2.45) is 11.7 Å². The summed E-state index contributed by atoms with van der Waals surface area (Å²) in [6.45, 7) is 9.32. The zero-order valence-corrected chi connectivity index (χ0v) is 38.8. The van der Waals surface area contributed by atoms with Gasteiger partial charge in [0.1, 0.15) is 23.0 Å². The summed E-state index contributed by atoms with van der Waals surface area (Å²) in [6, 6.07) is 32.7. The van der Waals surface area contributed by atoms with Crippen LogP contribution in [0.1, 0.15) is 76.6 Å². The number of hydrogen-bond acceptors (Lipinski definition) is 11. The van der Waals surface area contributed by atoms with E-state index in [1.54, 1.807) is 41.5 Å². The third kappa shape index (κ3) is 16.6. The average Bonchev–Trinajstić information content (AvgIpc) is 3.25. The minimum absolute atomic E-state index is 0.0781. The summed E-state index contributed by atoms with van der Waals surface area (Å²) in [5, 5.41) is 19.7. The Labute approximate surface area is 389 Å². The summed E-state index contributed by atoms with van der Waals surface area (Å²) in [7, 11) is 0. The van der Waals surface area contributed by atoms with Crippen molar-refractivity contribution in [2.45, 2.75) is 88.8 Å². The summed E-state index contributed by atoms with van der Waals surface area (Å²) in [5.41, 5.74) is 6.94. The van der Waals surface area contributed by atoms with Crippen LogP contribution in [0.3, 0.4) is 0 Å². The molecule has 0 unspecified atom stereocenters. The first-order valence-corrected chi connectivity index (χ1v) is 22.3. The number of nitrogens with two attached hydrogens (primary N) is 1. The molecule has 0 aliphatic carbocycles. The predicted octanol–water partition coefficient (Wildman–Crippen LogP) is 6.48. The second kappa shape index (κ2) is 23.9. The molecule has 3 atom stereocenters. The highest BCUT2D eigenvalue weighted by Gasteiger charge is 2.39. The summed E-state index contributed by atoms with van der Waals surface area (Å²) in [6.07, 6.45) is -3.25. The number of thioether (sulfide) groups is 1. The number of ether oxygens (including phenoxy) is 3. The SMILES string of the molecule is CC(C)(C)OC(=O)N[C@@H](Cc1ccc(OC(=O)NCC[C@H](NC(=O)OC(C)(C)C)C(=O)C[C@@H](CSC(c2ccccc2)(c2ccccc2)c2ccccc2)C(=O)NCC(N)=O)cc1)C(=O)O. The summed E-state index contributed by atoms with van der Waals surface area (Å²) >= 11 is 1.44. The number of nitrogens with one attached hydrogen (secondary N) is 4. The van der Waals surface area contributed by atoms with Gasteiger partial charge in [0, 0.05) is 25.1 Å². The van der Waals surface area contributed by atoms with Crippen LogP contribution in [0.5, 0.6) is 5.75 Å². The van der Waals surface area contributed by atoms with E-state index in [1.807, 2.05) is 91.0 Å². The van der Waals surface area contributed by atoms with E-state index in [0.29, 0.717) is 5.56 Å². The molecule has 66 heavy (non-hydrogen) atoms. The predicted molar refractivity (Wildman–Crippen MR) is 250 cm³/mol. The Bertz CT molecular complexity index is 2170. The highest BCUT2D eigenvalue weighted by atomic mass is 32.2. The van der Waals surface area contributed by atoms with Crippen LogP contribution < -0.4 is 31.7 Å². The van der Waals surface area contributed by atoms with Gasteiger partial charge in [0.05, 0.1) is 23.3 Å². The molecule has 0 aromatic heterocycles.